The molecule has 0 bridgehead atoms. The molecule has 0 aromatic carbocycles. The molecule has 1 aromatic heterocycles. The van der Waals surface area contributed by atoms with Crippen LogP contribution in [0.25, 0.3) is 0 Å². The van der Waals surface area contributed by atoms with Crippen LogP contribution in [0, 0.1) is 0 Å². The fraction of sp³-hybridized carbons (Fsp3) is 0.600. The van der Waals surface area contributed by atoms with Gasteiger partial charge in [-0.3, -0.25) is 0 Å². The molecule has 1 aromatic rings. The maximum atomic E-state index is 3.46. The number of hydrogen-bond donors (Lipinski definition) is 2. The Kier molecular flexibility index (Phi) is 5.05. The Bertz CT molecular complexity index is 209. The minimum absolute atomic E-state index is 0.542. The molecule has 2 nitrogen and oxygen atoms in total. The lowest BCUT2D eigenvalue weighted by Crippen LogP contribution is -2.35. The molecule has 2 N–H and O–H groups in total. The average molecular weight is 198 g/mol. The van der Waals surface area contributed by atoms with Crippen molar-refractivity contribution in [2.24, 2.45) is 0 Å². The van der Waals surface area contributed by atoms with Gasteiger partial charge in [-0.1, -0.05) is 6.92 Å². The normalized spacial score (nSPS) is 13.1. The summed E-state index contributed by atoms with van der Waals surface area (Å²) < 4.78 is 0. The lowest BCUT2D eigenvalue weighted by molar-refractivity contribution is 0.509. The Labute approximate surface area is 84.4 Å². The topological polar surface area (TPSA) is 24.1 Å². The molecule has 0 aliphatic carbocycles. The first-order valence-electron chi connectivity index (χ1n) is 4.78. The smallest absolute Gasteiger partial charge is 0.0216 e. The van der Waals surface area contributed by atoms with E-state index in [4.69, 9.17) is 0 Å². The van der Waals surface area contributed by atoms with E-state index in [1.54, 1.807) is 11.3 Å². The van der Waals surface area contributed by atoms with Crippen molar-refractivity contribution in [2.45, 2.75) is 26.4 Å². The summed E-state index contributed by atoms with van der Waals surface area (Å²) in [6.07, 6.45) is 0. The first-order chi connectivity index (χ1) is 6.33. The van der Waals surface area contributed by atoms with E-state index in [2.05, 4.69) is 41.3 Å². The number of rotatable bonds is 6. The molecule has 0 saturated carbocycles. The van der Waals surface area contributed by atoms with E-state index in [0.717, 1.165) is 19.6 Å². The molecule has 0 fully saturated rings. The van der Waals surface area contributed by atoms with Gasteiger partial charge < -0.3 is 10.6 Å². The maximum Gasteiger partial charge on any atom is 0.0216 e. The van der Waals surface area contributed by atoms with Gasteiger partial charge in [0.15, 0.2) is 0 Å². The van der Waals surface area contributed by atoms with Crippen LogP contribution >= 0.6 is 11.3 Å². The largest absolute Gasteiger partial charge is 0.315 e. The first-order valence-corrected chi connectivity index (χ1v) is 5.72. The lowest BCUT2D eigenvalue weighted by Gasteiger charge is -2.13. The zero-order chi connectivity index (χ0) is 9.52. The third-order valence-electron chi connectivity index (χ3n) is 1.94. The van der Waals surface area contributed by atoms with Crippen LogP contribution in [0.4, 0.5) is 0 Å². The lowest BCUT2D eigenvalue weighted by atomic mass is 10.3. The maximum absolute atomic E-state index is 3.46. The second-order valence-electron chi connectivity index (χ2n) is 3.22. The summed E-state index contributed by atoms with van der Waals surface area (Å²) in [7, 11) is 0. The fourth-order valence-electron chi connectivity index (χ4n) is 1.12. The van der Waals surface area contributed by atoms with Crippen LogP contribution in [0.3, 0.4) is 0 Å². The highest BCUT2D eigenvalue weighted by Crippen LogP contribution is 2.05. The monoisotopic (exact) mass is 198 g/mol. The summed E-state index contributed by atoms with van der Waals surface area (Å²) in [4.78, 5) is 0. The molecule has 3 heteroatoms. The Morgan fingerprint density at radius 1 is 1.54 bits per heavy atom. The molecule has 1 heterocycles. The van der Waals surface area contributed by atoms with Gasteiger partial charge in [-0.25, -0.2) is 0 Å². The van der Waals surface area contributed by atoms with Crippen molar-refractivity contribution in [3.63, 3.8) is 0 Å². The first kappa shape index (κ1) is 10.7. The van der Waals surface area contributed by atoms with Crippen molar-refractivity contribution in [1.29, 1.82) is 0 Å². The SMILES string of the molecule is CCNCC(C)NCc1ccsc1. The van der Waals surface area contributed by atoms with E-state index < -0.39 is 0 Å². The third-order valence-corrected chi connectivity index (χ3v) is 2.67. The Balaban J connectivity index is 2.11. The van der Waals surface area contributed by atoms with Gasteiger partial charge in [-0.05, 0) is 35.9 Å². The van der Waals surface area contributed by atoms with Crippen LogP contribution in [0.2, 0.25) is 0 Å². The number of likely N-dealkylation sites (N-methyl/N-ethyl adjacent to an activating group) is 1. The van der Waals surface area contributed by atoms with Crippen LogP contribution in [0.15, 0.2) is 16.8 Å². The van der Waals surface area contributed by atoms with Gasteiger partial charge in [0.05, 0.1) is 0 Å². The molecule has 0 radical (unpaired) electrons. The number of nitrogens with one attached hydrogen (secondary N) is 2. The van der Waals surface area contributed by atoms with Crippen molar-refractivity contribution >= 4 is 11.3 Å². The predicted molar refractivity (Wildman–Crippen MR) is 59.2 cm³/mol. The molecule has 0 aliphatic heterocycles. The van der Waals surface area contributed by atoms with Crippen molar-refractivity contribution in [3.8, 4) is 0 Å². The van der Waals surface area contributed by atoms with Crippen molar-refractivity contribution < 1.29 is 0 Å². The summed E-state index contributed by atoms with van der Waals surface area (Å²) in [5.41, 5.74) is 1.38. The van der Waals surface area contributed by atoms with Crippen molar-refractivity contribution in [3.05, 3.63) is 22.4 Å². The molecular weight excluding hydrogens is 180 g/mol. The minimum Gasteiger partial charge on any atom is -0.315 e. The van der Waals surface area contributed by atoms with Gasteiger partial charge >= 0.3 is 0 Å². The summed E-state index contributed by atoms with van der Waals surface area (Å²) in [6.45, 7) is 7.40. The summed E-state index contributed by atoms with van der Waals surface area (Å²) >= 11 is 1.75. The molecule has 1 rings (SSSR count). The fourth-order valence-corrected chi connectivity index (χ4v) is 1.79. The predicted octanol–water partition coefficient (Wildman–Crippen LogP) is 1.84. The summed E-state index contributed by atoms with van der Waals surface area (Å²) in [5.74, 6) is 0. The van der Waals surface area contributed by atoms with Gasteiger partial charge in [0, 0.05) is 19.1 Å². The molecule has 13 heavy (non-hydrogen) atoms. The highest BCUT2D eigenvalue weighted by molar-refractivity contribution is 7.07. The third kappa shape index (κ3) is 4.41. The minimum atomic E-state index is 0.542. The zero-order valence-corrected chi connectivity index (χ0v) is 9.16. The molecule has 74 valence electrons. The van der Waals surface area contributed by atoms with Gasteiger partial charge in [0.1, 0.15) is 0 Å². The number of thiophene rings is 1. The Morgan fingerprint density at radius 3 is 3.00 bits per heavy atom. The molecule has 0 amide bonds. The Hall–Kier alpha value is -0.380. The van der Waals surface area contributed by atoms with Gasteiger partial charge in [0.2, 0.25) is 0 Å². The standard InChI is InChI=1S/C10H18N2S/c1-3-11-6-9(2)12-7-10-4-5-13-8-10/h4-5,8-9,11-12H,3,6-7H2,1-2H3. The van der Waals surface area contributed by atoms with Gasteiger partial charge in [-0.15, -0.1) is 0 Å². The van der Waals surface area contributed by atoms with Crippen molar-refractivity contribution in [2.75, 3.05) is 13.1 Å². The second-order valence-corrected chi connectivity index (χ2v) is 4.00. The summed E-state index contributed by atoms with van der Waals surface area (Å²) in [5, 5.41) is 11.1. The van der Waals surface area contributed by atoms with E-state index in [-0.39, 0.29) is 0 Å². The second kappa shape index (κ2) is 6.13. The van der Waals surface area contributed by atoms with E-state index in [1.165, 1.54) is 5.56 Å². The van der Waals surface area contributed by atoms with E-state index >= 15 is 0 Å². The molecule has 1 unspecified atom stereocenters. The Morgan fingerprint density at radius 2 is 2.38 bits per heavy atom. The van der Waals surface area contributed by atoms with Crippen molar-refractivity contribution in [1.82, 2.24) is 10.6 Å². The molecule has 0 saturated heterocycles. The van der Waals surface area contributed by atoms with Gasteiger partial charge in [-0.2, -0.15) is 11.3 Å². The van der Waals surface area contributed by atoms with Crippen LogP contribution in [-0.2, 0) is 6.54 Å². The zero-order valence-electron chi connectivity index (χ0n) is 8.34. The van der Waals surface area contributed by atoms with E-state index in [0.29, 0.717) is 6.04 Å². The highest BCUT2D eigenvalue weighted by atomic mass is 32.1. The summed E-state index contributed by atoms with van der Waals surface area (Å²) in [6, 6.07) is 2.71. The molecule has 0 aliphatic rings. The van der Waals surface area contributed by atoms with Crippen LogP contribution in [0.5, 0.6) is 0 Å². The molecule has 0 spiro atoms. The van der Waals surface area contributed by atoms with E-state index in [9.17, 15) is 0 Å². The highest BCUT2D eigenvalue weighted by Gasteiger charge is 1.99. The average Bonchev–Trinajstić information content (AvgIpc) is 2.64. The van der Waals surface area contributed by atoms with Crippen LogP contribution < -0.4 is 10.6 Å². The van der Waals surface area contributed by atoms with E-state index in [1.807, 2.05) is 0 Å². The number of hydrogen-bond acceptors (Lipinski definition) is 3. The van der Waals surface area contributed by atoms with Crippen LogP contribution in [0.1, 0.15) is 19.4 Å². The molecular formula is C10H18N2S. The van der Waals surface area contributed by atoms with Gasteiger partial charge in [0.25, 0.3) is 0 Å². The molecule has 1 atom stereocenters. The quantitative estimate of drug-likeness (QED) is 0.729. The van der Waals surface area contributed by atoms with Crippen LogP contribution in [-0.4, -0.2) is 19.1 Å².